The number of hydrogen-bond donors (Lipinski definition) is 1. The largest absolute Gasteiger partial charge is 0.352 e. The number of nitrogens with zero attached hydrogens (tertiary/aromatic N) is 6. The third-order valence-corrected chi connectivity index (χ3v) is 5.98. The second-order valence-corrected chi connectivity index (χ2v) is 8.60. The summed E-state index contributed by atoms with van der Waals surface area (Å²) in [7, 11) is 0. The average Bonchev–Trinajstić information content (AvgIpc) is 2.89. The first-order valence-corrected chi connectivity index (χ1v) is 11.7. The van der Waals surface area contributed by atoms with Crippen molar-refractivity contribution in [1.82, 2.24) is 25.1 Å². The molecule has 8 heteroatoms. The molecule has 0 spiro atoms. The summed E-state index contributed by atoms with van der Waals surface area (Å²) in [5, 5.41) is 12.0. The SMILES string of the molecule is Cc1cc(C)nc(Nc2ccc(C(=O)N3CCN(c4ccc(-c5ccccc5)nn4)CC3)cc2)n1. The molecule has 4 aromatic rings. The number of piperazine rings is 1. The zero-order valence-corrected chi connectivity index (χ0v) is 19.8. The molecule has 0 atom stereocenters. The molecule has 0 radical (unpaired) electrons. The van der Waals surface area contributed by atoms with E-state index in [-0.39, 0.29) is 5.91 Å². The van der Waals surface area contributed by atoms with Gasteiger partial charge in [0, 0.05) is 54.4 Å². The van der Waals surface area contributed by atoms with Gasteiger partial charge in [0.2, 0.25) is 5.95 Å². The molecule has 1 amide bonds. The molecule has 176 valence electrons. The van der Waals surface area contributed by atoms with Crippen molar-refractivity contribution in [3.8, 4) is 11.3 Å². The van der Waals surface area contributed by atoms with Crippen LogP contribution < -0.4 is 10.2 Å². The third kappa shape index (κ3) is 5.27. The van der Waals surface area contributed by atoms with Crippen LogP contribution in [0.4, 0.5) is 17.5 Å². The van der Waals surface area contributed by atoms with Gasteiger partial charge in [-0.3, -0.25) is 4.79 Å². The standard InChI is InChI=1S/C27H27N7O/c1-19-18-20(2)29-27(28-19)30-23-10-8-22(9-11-23)26(35)34-16-14-33(15-17-34)25-13-12-24(31-32-25)21-6-4-3-5-7-21/h3-13,18H,14-17H2,1-2H3,(H,28,29,30). The molecule has 35 heavy (non-hydrogen) atoms. The van der Waals surface area contributed by atoms with Crippen LogP contribution in [0.3, 0.4) is 0 Å². The van der Waals surface area contributed by atoms with E-state index in [9.17, 15) is 4.79 Å². The number of rotatable bonds is 5. The van der Waals surface area contributed by atoms with E-state index in [2.05, 4.69) is 30.4 Å². The second-order valence-electron chi connectivity index (χ2n) is 8.60. The van der Waals surface area contributed by atoms with Crippen molar-refractivity contribution >= 4 is 23.4 Å². The van der Waals surface area contributed by atoms with E-state index in [4.69, 9.17) is 0 Å². The molecule has 0 saturated carbocycles. The summed E-state index contributed by atoms with van der Waals surface area (Å²) < 4.78 is 0. The van der Waals surface area contributed by atoms with E-state index < -0.39 is 0 Å². The summed E-state index contributed by atoms with van der Waals surface area (Å²) >= 11 is 0. The molecule has 2 aromatic carbocycles. The van der Waals surface area contributed by atoms with Crippen molar-refractivity contribution in [1.29, 1.82) is 0 Å². The predicted molar refractivity (Wildman–Crippen MR) is 137 cm³/mol. The first-order valence-electron chi connectivity index (χ1n) is 11.7. The van der Waals surface area contributed by atoms with Crippen molar-refractivity contribution < 1.29 is 4.79 Å². The first-order chi connectivity index (χ1) is 17.0. The molecule has 1 saturated heterocycles. The number of carbonyl (C=O) groups is 1. The fourth-order valence-electron chi connectivity index (χ4n) is 4.19. The zero-order valence-electron chi connectivity index (χ0n) is 19.8. The van der Waals surface area contributed by atoms with E-state index in [0.717, 1.165) is 47.2 Å². The van der Waals surface area contributed by atoms with Gasteiger partial charge in [0.15, 0.2) is 5.82 Å². The molecule has 1 fully saturated rings. The molecule has 0 aliphatic carbocycles. The summed E-state index contributed by atoms with van der Waals surface area (Å²) in [6.45, 7) is 6.58. The lowest BCUT2D eigenvalue weighted by molar-refractivity contribution is 0.0746. The van der Waals surface area contributed by atoms with Gasteiger partial charge in [0.05, 0.1) is 5.69 Å². The highest BCUT2D eigenvalue weighted by atomic mass is 16.2. The number of hydrogen-bond acceptors (Lipinski definition) is 7. The number of benzene rings is 2. The van der Waals surface area contributed by atoms with Gasteiger partial charge in [-0.15, -0.1) is 10.2 Å². The predicted octanol–water partition coefficient (Wildman–Crippen LogP) is 4.26. The molecule has 1 N–H and O–H groups in total. The summed E-state index contributed by atoms with van der Waals surface area (Å²) in [5.41, 5.74) is 5.22. The number of nitrogens with one attached hydrogen (secondary N) is 1. The van der Waals surface area contributed by atoms with Gasteiger partial charge in [-0.05, 0) is 56.3 Å². The van der Waals surface area contributed by atoms with Crippen LogP contribution in [0.25, 0.3) is 11.3 Å². The van der Waals surface area contributed by atoms with Crippen LogP contribution in [-0.4, -0.2) is 57.2 Å². The maximum absolute atomic E-state index is 13.0. The van der Waals surface area contributed by atoms with Crippen LogP contribution in [0.5, 0.6) is 0 Å². The highest BCUT2D eigenvalue weighted by molar-refractivity contribution is 5.94. The van der Waals surface area contributed by atoms with Crippen LogP contribution in [-0.2, 0) is 0 Å². The minimum Gasteiger partial charge on any atom is -0.352 e. The summed E-state index contributed by atoms with van der Waals surface area (Å²) in [6.07, 6.45) is 0. The van der Waals surface area contributed by atoms with Gasteiger partial charge in [0.1, 0.15) is 0 Å². The highest BCUT2D eigenvalue weighted by Crippen LogP contribution is 2.20. The minimum atomic E-state index is 0.0318. The Kier molecular flexibility index (Phi) is 6.34. The quantitative estimate of drug-likeness (QED) is 0.471. The number of aryl methyl sites for hydroxylation is 2. The van der Waals surface area contributed by atoms with E-state index >= 15 is 0 Å². The average molecular weight is 466 g/mol. The smallest absolute Gasteiger partial charge is 0.253 e. The molecular weight excluding hydrogens is 438 g/mol. The molecule has 1 aliphatic rings. The van der Waals surface area contributed by atoms with Crippen molar-refractivity contribution in [2.45, 2.75) is 13.8 Å². The van der Waals surface area contributed by atoms with Gasteiger partial charge in [-0.25, -0.2) is 9.97 Å². The fourth-order valence-corrected chi connectivity index (χ4v) is 4.19. The molecule has 8 nitrogen and oxygen atoms in total. The Morgan fingerprint density at radius 1 is 0.800 bits per heavy atom. The first kappa shape index (κ1) is 22.5. The van der Waals surface area contributed by atoms with Gasteiger partial charge >= 0.3 is 0 Å². The van der Waals surface area contributed by atoms with E-state index in [0.29, 0.717) is 24.6 Å². The Bertz CT molecular complexity index is 1280. The third-order valence-electron chi connectivity index (χ3n) is 5.98. The molecule has 0 bridgehead atoms. The Morgan fingerprint density at radius 3 is 2.11 bits per heavy atom. The molecule has 1 aliphatic heterocycles. The Labute approximate surface area is 204 Å². The lowest BCUT2D eigenvalue weighted by atomic mass is 10.1. The Hall–Kier alpha value is -4.33. The van der Waals surface area contributed by atoms with Crippen molar-refractivity contribution in [3.05, 3.63) is 89.7 Å². The number of aromatic nitrogens is 4. The summed E-state index contributed by atoms with van der Waals surface area (Å²) in [6, 6.07) is 23.4. The second kappa shape index (κ2) is 9.89. The number of anilines is 3. The summed E-state index contributed by atoms with van der Waals surface area (Å²) in [4.78, 5) is 25.9. The molecule has 2 aromatic heterocycles. The van der Waals surface area contributed by atoms with E-state index in [1.54, 1.807) is 0 Å². The molecular formula is C27H27N7O. The Morgan fingerprint density at radius 2 is 1.49 bits per heavy atom. The zero-order chi connectivity index (χ0) is 24.2. The van der Waals surface area contributed by atoms with E-state index in [1.165, 1.54) is 0 Å². The van der Waals surface area contributed by atoms with Gasteiger partial charge in [-0.1, -0.05) is 30.3 Å². The highest BCUT2D eigenvalue weighted by Gasteiger charge is 2.23. The van der Waals surface area contributed by atoms with Crippen molar-refractivity contribution in [2.24, 2.45) is 0 Å². The molecule has 3 heterocycles. The molecule has 0 unspecified atom stereocenters. The van der Waals surface area contributed by atoms with Crippen LogP contribution in [0.2, 0.25) is 0 Å². The van der Waals surface area contributed by atoms with Gasteiger partial charge in [0.25, 0.3) is 5.91 Å². The maximum Gasteiger partial charge on any atom is 0.253 e. The minimum absolute atomic E-state index is 0.0318. The number of carbonyl (C=O) groups excluding carboxylic acids is 1. The number of amides is 1. The van der Waals surface area contributed by atoms with Crippen molar-refractivity contribution in [3.63, 3.8) is 0 Å². The van der Waals surface area contributed by atoms with Crippen molar-refractivity contribution in [2.75, 3.05) is 36.4 Å². The lowest BCUT2D eigenvalue weighted by Gasteiger charge is -2.35. The summed E-state index contributed by atoms with van der Waals surface area (Å²) in [5.74, 6) is 1.42. The van der Waals surface area contributed by atoms with Crippen LogP contribution >= 0.6 is 0 Å². The van der Waals surface area contributed by atoms with Gasteiger partial charge in [-0.2, -0.15) is 0 Å². The van der Waals surface area contributed by atoms with E-state index in [1.807, 2.05) is 91.5 Å². The van der Waals surface area contributed by atoms with Crippen LogP contribution in [0.1, 0.15) is 21.7 Å². The van der Waals surface area contributed by atoms with Crippen LogP contribution in [0, 0.1) is 13.8 Å². The Balaban J connectivity index is 1.17. The topological polar surface area (TPSA) is 87.1 Å². The maximum atomic E-state index is 13.0. The van der Waals surface area contributed by atoms with Crippen LogP contribution in [0.15, 0.2) is 72.8 Å². The monoisotopic (exact) mass is 465 g/mol. The lowest BCUT2D eigenvalue weighted by Crippen LogP contribution is -2.49. The fraction of sp³-hybridized carbons (Fsp3) is 0.222. The molecule has 5 rings (SSSR count). The normalized spacial score (nSPS) is 13.5. The van der Waals surface area contributed by atoms with Gasteiger partial charge < -0.3 is 15.1 Å².